The number of rotatable bonds is 8. The van der Waals surface area contributed by atoms with Crippen LogP contribution < -0.4 is 33.8 Å². The molecule has 6 rings (SSSR count). The predicted octanol–water partition coefficient (Wildman–Crippen LogP) is 4.59. The summed E-state index contributed by atoms with van der Waals surface area (Å²) in [6.07, 6.45) is 1.74. The second kappa shape index (κ2) is 12.9. The van der Waals surface area contributed by atoms with Crippen molar-refractivity contribution in [1.82, 2.24) is 4.57 Å². The lowest BCUT2D eigenvalue weighted by molar-refractivity contribution is -0.139. The predicted molar refractivity (Wildman–Crippen MR) is 175 cm³/mol. The molecular formula is C33H27IN2O8S. The maximum Gasteiger partial charge on any atom is 0.338 e. The molecule has 3 aromatic carbocycles. The molecule has 0 aliphatic carbocycles. The summed E-state index contributed by atoms with van der Waals surface area (Å²) in [5.41, 5.74) is 2.32. The molecule has 230 valence electrons. The van der Waals surface area contributed by atoms with Crippen LogP contribution in [0.4, 0.5) is 0 Å². The largest absolute Gasteiger partial charge is 0.490 e. The highest BCUT2D eigenvalue weighted by Gasteiger charge is 2.36. The molecular weight excluding hydrogens is 711 g/mol. The Bertz CT molecular complexity index is 2030. The number of hydrogen-bond acceptors (Lipinski definition) is 10. The molecule has 3 heterocycles. The smallest absolute Gasteiger partial charge is 0.338 e. The van der Waals surface area contributed by atoms with Gasteiger partial charge >= 0.3 is 11.9 Å². The van der Waals surface area contributed by atoms with Crippen molar-refractivity contribution in [2.24, 2.45) is 4.99 Å². The van der Waals surface area contributed by atoms with Gasteiger partial charge in [-0.2, -0.15) is 0 Å². The van der Waals surface area contributed by atoms with Crippen LogP contribution in [-0.4, -0.2) is 36.5 Å². The Balaban J connectivity index is 1.60. The summed E-state index contributed by atoms with van der Waals surface area (Å²) in [6, 6.07) is 17.4. The van der Waals surface area contributed by atoms with Gasteiger partial charge in [0.2, 0.25) is 6.79 Å². The first kappa shape index (κ1) is 30.6. The number of nitrogens with zero attached hydrogens (tertiary/aromatic N) is 2. The molecule has 10 nitrogen and oxygen atoms in total. The van der Waals surface area contributed by atoms with Gasteiger partial charge in [0.1, 0.15) is 0 Å². The van der Waals surface area contributed by atoms with E-state index in [0.29, 0.717) is 64.9 Å². The third-order valence-corrected chi connectivity index (χ3v) is 8.75. The molecule has 1 unspecified atom stereocenters. The molecule has 0 fully saturated rings. The fourth-order valence-corrected chi connectivity index (χ4v) is 6.90. The van der Waals surface area contributed by atoms with E-state index < -0.39 is 18.0 Å². The zero-order valence-electron chi connectivity index (χ0n) is 24.5. The summed E-state index contributed by atoms with van der Waals surface area (Å²) >= 11 is 3.27. The Kier molecular flexibility index (Phi) is 8.76. The molecule has 0 N–H and O–H groups in total. The van der Waals surface area contributed by atoms with Crippen LogP contribution in [0.1, 0.15) is 43.5 Å². The van der Waals surface area contributed by atoms with Gasteiger partial charge in [0, 0.05) is 12.5 Å². The van der Waals surface area contributed by atoms with E-state index in [1.54, 1.807) is 37.3 Å². The minimum Gasteiger partial charge on any atom is -0.490 e. The quantitative estimate of drug-likeness (QED) is 0.147. The van der Waals surface area contributed by atoms with Crippen molar-refractivity contribution < 1.29 is 33.3 Å². The van der Waals surface area contributed by atoms with Crippen LogP contribution in [-0.2, 0) is 14.3 Å². The van der Waals surface area contributed by atoms with Crippen molar-refractivity contribution in [2.45, 2.75) is 26.8 Å². The van der Waals surface area contributed by atoms with Gasteiger partial charge < -0.3 is 23.7 Å². The summed E-state index contributed by atoms with van der Waals surface area (Å²) in [5, 5.41) is 0. The topological polar surface area (TPSA) is 115 Å². The van der Waals surface area contributed by atoms with Crippen molar-refractivity contribution in [3.63, 3.8) is 0 Å². The van der Waals surface area contributed by atoms with E-state index in [9.17, 15) is 14.4 Å². The van der Waals surface area contributed by atoms with E-state index in [1.807, 2.05) is 43.3 Å². The zero-order chi connectivity index (χ0) is 31.7. The standard InChI is InChI=1S/C33H27IN2O8S/c1-4-40-25-14-19(13-22(34)30(25)44-18(3)37)15-26-31(38)36-29(21-11-12-23-24(16-21)43-17-42-23)27(32(39)41-5-2)28(35-33(36)45-26)20-9-7-6-8-10-20/h6-16,29H,4-5,17H2,1-3H3/b26-15-. The molecule has 1 atom stereocenters. The van der Waals surface area contributed by atoms with Gasteiger partial charge in [-0.25, -0.2) is 9.79 Å². The number of benzene rings is 3. The van der Waals surface area contributed by atoms with E-state index in [4.69, 9.17) is 28.7 Å². The van der Waals surface area contributed by atoms with Crippen molar-refractivity contribution in [3.05, 3.63) is 106 Å². The fraction of sp³-hybridized carbons (Fsp3) is 0.212. The van der Waals surface area contributed by atoms with Crippen LogP contribution in [0.2, 0.25) is 0 Å². The number of carbonyl (C=O) groups excluding carboxylic acids is 2. The van der Waals surface area contributed by atoms with Crippen molar-refractivity contribution in [1.29, 1.82) is 0 Å². The maximum absolute atomic E-state index is 14.3. The summed E-state index contributed by atoms with van der Waals surface area (Å²) in [4.78, 5) is 45.0. The molecule has 2 aliphatic heterocycles. The zero-order valence-corrected chi connectivity index (χ0v) is 27.5. The van der Waals surface area contributed by atoms with Crippen LogP contribution in [0.25, 0.3) is 11.8 Å². The van der Waals surface area contributed by atoms with E-state index >= 15 is 0 Å². The van der Waals surface area contributed by atoms with E-state index in [2.05, 4.69) is 22.6 Å². The van der Waals surface area contributed by atoms with Crippen LogP contribution in [0, 0.1) is 3.57 Å². The summed E-state index contributed by atoms with van der Waals surface area (Å²) < 4.78 is 30.4. The summed E-state index contributed by atoms with van der Waals surface area (Å²) in [6.45, 7) is 5.46. The molecule has 0 amide bonds. The van der Waals surface area contributed by atoms with Gasteiger partial charge in [0.25, 0.3) is 5.56 Å². The van der Waals surface area contributed by atoms with E-state index in [0.717, 1.165) is 0 Å². The number of thiazole rings is 1. The molecule has 0 bridgehead atoms. The Hall–Kier alpha value is -4.43. The van der Waals surface area contributed by atoms with Gasteiger partial charge in [0.05, 0.1) is 38.6 Å². The molecule has 12 heteroatoms. The number of ether oxygens (including phenoxy) is 5. The molecule has 0 saturated carbocycles. The third-order valence-electron chi connectivity index (χ3n) is 6.96. The minimum absolute atomic E-state index is 0.0795. The average Bonchev–Trinajstić information content (AvgIpc) is 3.62. The molecule has 0 saturated heterocycles. The first-order chi connectivity index (χ1) is 21.8. The fourth-order valence-electron chi connectivity index (χ4n) is 5.17. The summed E-state index contributed by atoms with van der Waals surface area (Å²) in [7, 11) is 0. The Labute approximate surface area is 275 Å². The SMILES string of the molecule is CCOC(=O)C1=C(c2ccccc2)N=c2s/c(=C\c3cc(I)c(OC(C)=O)c(OCC)c3)c(=O)n2C1c1ccc2c(c1)OCO2. The molecule has 2 aliphatic rings. The normalized spacial score (nSPS) is 15.4. The average molecular weight is 739 g/mol. The molecule has 45 heavy (non-hydrogen) atoms. The van der Waals surface area contributed by atoms with Gasteiger partial charge in [-0.3, -0.25) is 14.2 Å². The van der Waals surface area contributed by atoms with E-state index in [1.165, 1.54) is 22.8 Å². The van der Waals surface area contributed by atoms with Crippen LogP contribution in [0.15, 0.2) is 76.0 Å². The lowest BCUT2D eigenvalue weighted by Gasteiger charge is -2.26. The highest BCUT2D eigenvalue weighted by molar-refractivity contribution is 14.1. The monoisotopic (exact) mass is 738 g/mol. The number of aromatic nitrogens is 1. The summed E-state index contributed by atoms with van der Waals surface area (Å²) in [5.74, 6) is 0.750. The van der Waals surface area contributed by atoms with E-state index in [-0.39, 0.29) is 24.5 Å². The Morgan fingerprint density at radius 1 is 1.07 bits per heavy atom. The lowest BCUT2D eigenvalue weighted by Crippen LogP contribution is -2.40. The Morgan fingerprint density at radius 3 is 2.58 bits per heavy atom. The number of esters is 2. The van der Waals surface area contributed by atoms with Gasteiger partial charge in [-0.05, 0) is 77.9 Å². The van der Waals surface area contributed by atoms with Crippen LogP contribution >= 0.6 is 33.9 Å². The minimum atomic E-state index is -0.863. The number of hydrogen-bond donors (Lipinski definition) is 0. The first-order valence-corrected chi connectivity index (χ1v) is 16.0. The number of halogens is 1. The first-order valence-electron chi connectivity index (χ1n) is 14.1. The van der Waals surface area contributed by atoms with Crippen LogP contribution in [0.3, 0.4) is 0 Å². The molecule has 0 radical (unpaired) electrons. The van der Waals surface area contributed by atoms with Crippen molar-refractivity contribution in [3.8, 4) is 23.0 Å². The van der Waals surface area contributed by atoms with Gasteiger partial charge in [-0.15, -0.1) is 0 Å². The lowest BCUT2D eigenvalue weighted by atomic mass is 9.93. The van der Waals surface area contributed by atoms with Crippen LogP contribution in [0.5, 0.6) is 23.0 Å². The number of carbonyl (C=O) groups is 2. The second-order valence-corrected chi connectivity index (χ2v) is 12.1. The van der Waals surface area contributed by atoms with Gasteiger partial charge in [0.15, 0.2) is 27.8 Å². The Morgan fingerprint density at radius 2 is 1.84 bits per heavy atom. The molecule has 1 aromatic heterocycles. The van der Waals surface area contributed by atoms with Gasteiger partial charge in [-0.1, -0.05) is 47.7 Å². The molecule has 4 aromatic rings. The maximum atomic E-state index is 14.3. The third kappa shape index (κ3) is 5.99. The molecule has 0 spiro atoms. The highest BCUT2D eigenvalue weighted by Crippen LogP contribution is 2.40. The number of fused-ring (bicyclic) bond motifs is 2. The second-order valence-electron chi connectivity index (χ2n) is 9.90. The van der Waals surface area contributed by atoms with Crippen molar-refractivity contribution in [2.75, 3.05) is 20.0 Å². The highest BCUT2D eigenvalue weighted by atomic mass is 127. The van der Waals surface area contributed by atoms with Crippen molar-refractivity contribution >= 4 is 57.6 Å².